The molecule has 1 amide bonds. The van der Waals surface area contributed by atoms with Crippen LogP contribution in [0.2, 0.25) is 0 Å². The maximum Gasteiger partial charge on any atom is 0.416 e. The van der Waals surface area contributed by atoms with E-state index in [-0.39, 0.29) is 36.7 Å². The summed E-state index contributed by atoms with van der Waals surface area (Å²) in [6, 6.07) is 10.5. The van der Waals surface area contributed by atoms with Crippen molar-refractivity contribution in [3.05, 3.63) is 70.8 Å². The predicted molar refractivity (Wildman–Crippen MR) is 112 cm³/mol. The van der Waals surface area contributed by atoms with Gasteiger partial charge in [0.25, 0.3) is 0 Å². The lowest BCUT2D eigenvalue weighted by Crippen LogP contribution is -2.55. The topological polar surface area (TPSA) is 37.4 Å². The Morgan fingerprint density at radius 1 is 0.824 bits per heavy atom. The van der Waals surface area contributed by atoms with E-state index in [4.69, 9.17) is 0 Å². The third-order valence-corrected chi connectivity index (χ3v) is 6.91. The molecular weight excluding hydrogens is 460 g/mol. The van der Waals surface area contributed by atoms with Gasteiger partial charge in [-0.3, -0.25) is 9.59 Å². The van der Waals surface area contributed by atoms with Gasteiger partial charge in [-0.15, -0.1) is 0 Å². The highest BCUT2D eigenvalue weighted by molar-refractivity contribution is 5.86. The normalized spacial score (nSPS) is 21.6. The van der Waals surface area contributed by atoms with E-state index in [9.17, 15) is 35.9 Å². The molecule has 2 aromatic carbocycles. The molecule has 2 fully saturated rings. The fraction of sp³-hybridized carbons (Fsp3) is 0.440. The molecule has 0 unspecified atom stereocenters. The van der Waals surface area contributed by atoms with E-state index in [2.05, 4.69) is 0 Å². The number of likely N-dealkylation sites (tertiary alicyclic amines) is 1. The van der Waals surface area contributed by atoms with Crippen molar-refractivity contribution >= 4 is 11.7 Å². The van der Waals surface area contributed by atoms with Gasteiger partial charge in [0.15, 0.2) is 0 Å². The number of carbonyl (C=O) groups excluding carboxylic acids is 2. The third-order valence-electron chi connectivity index (χ3n) is 6.91. The first-order valence-electron chi connectivity index (χ1n) is 11.1. The van der Waals surface area contributed by atoms with Crippen molar-refractivity contribution in [2.75, 3.05) is 6.54 Å². The maximum absolute atomic E-state index is 13.7. The Labute approximate surface area is 192 Å². The summed E-state index contributed by atoms with van der Waals surface area (Å²) in [6.07, 6.45) is -8.15. The number of alkyl halides is 6. The van der Waals surface area contributed by atoms with Gasteiger partial charge in [0.05, 0.1) is 22.6 Å². The van der Waals surface area contributed by atoms with E-state index in [1.54, 1.807) is 4.90 Å². The molecule has 0 aromatic heterocycles. The SMILES string of the molecule is O=C1CCC(c2ccccc2)(N2CCC[C@@H](c3cc(C(F)(F)F)cc(C(F)(F)F)c3)C2=O)CC1. The van der Waals surface area contributed by atoms with E-state index in [0.29, 0.717) is 37.9 Å². The number of carbonyl (C=O) groups is 2. The van der Waals surface area contributed by atoms with Crippen LogP contribution in [0.3, 0.4) is 0 Å². The number of rotatable bonds is 3. The largest absolute Gasteiger partial charge is 0.416 e. The molecule has 0 spiro atoms. The molecule has 2 aromatic rings. The molecule has 3 nitrogen and oxygen atoms in total. The van der Waals surface area contributed by atoms with Crippen LogP contribution in [0.1, 0.15) is 66.7 Å². The molecular formula is C25H23F6NO2. The quantitative estimate of drug-likeness (QED) is 0.470. The highest BCUT2D eigenvalue weighted by atomic mass is 19.4. The molecule has 1 atom stereocenters. The minimum Gasteiger partial charge on any atom is -0.332 e. The first-order chi connectivity index (χ1) is 15.9. The summed E-state index contributed by atoms with van der Waals surface area (Å²) in [7, 11) is 0. The Kier molecular flexibility index (Phi) is 6.25. The second-order valence-electron chi connectivity index (χ2n) is 8.96. The number of piperidine rings is 1. The number of nitrogens with zero attached hydrogens (tertiary/aromatic N) is 1. The van der Waals surface area contributed by atoms with Crippen LogP contribution < -0.4 is 0 Å². The summed E-state index contributed by atoms with van der Waals surface area (Å²) in [4.78, 5) is 27.3. The molecule has 182 valence electrons. The van der Waals surface area contributed by atoms with Gasteiger partial charge in [-0.1, -0.05) is 30.3 Å². The molecule has 1 saturated heterocycles. The average molecular weight is 483 g/mol. The van der Waals surface area contributed by atoms with Crippen molar-refractivity contribution < 1.29 is 35.9 Å². The zero-order valence-electron chi connectivity index (χ0n) is 18.2. The highest BCUT2D eigenvalue weighted by Crippen LogP contribution is 2.46. The first kappa shape index (κ1) is 24.3. The number of hydrogen-bond donors (Lipinski definition) is 0. The van der Waals surface area contributed by atoms with E-state index in [1.807, 2.05) is 30.3 Å². The summed E-state index contributed by atoms with van der Waals surface area (Å²) in [5.41, 5.74) is -3.14. The molecule has 9 heteroatoms. The summed E-state index contributed by atoms with van der Waals surface area (Å²) in [5, 5.41) is 0. The number of hydrogen-bond acceptors (Lipinski definition) is 2. The van der Waals surface area contributed by atoms with E-state index in [0.717, 1.165) is 5.56 Å². The molecule has 0 bridgehead atoms. The van der Waals surface area contributed by atoms with Crippen LogP contribution in [0.25, 0.3) is 0 Å². The Morgan fingerprint density at radius 3 is 1.91 bits per heavy atom. The van der Waals surface area contributed by atoms with Crippen molar-refractivity contribution in [2.45, 2.75) is 62.3 Å². The lowest BCUT2D eigenvalue weighted by molar-refractivity contribution is -0.148. The molecule has 34 heavy (non-hydrogen) atoms. The Hall–Kier alpha value is -2.84. The minimum absolute atomic E-state index is 0.0697. The van der Waals surface area contributed by atoms with Crippen molar-refractivity contribution in [1.29, 1.82) is 0 Å². The van der Waals surface area contributed by atoms with Gasteiger partial charge in [-0.05, 0) is 55.0 Å². The maximum atomic E-state index is 13.7. The highest BCUT2D eigenvalue weighted by Gasteiger charge is 2.47. The molecule has 1 saturated carbocycles. The Morgan fingerprint density at radius 2 is 1.38 bits per heavy atom. The van der Waals surface area contributed by atoms with Crippen LogP contribution in [0.4, 0.5) is 26.3 Å². The van der Waals surface area contributed by atoms with Crippen LogP contribution in [-0.2, 0) is 27.5 Å². The van der Waals surface area contributed by atoms with Crippen LogP contribution in [0.15, 0.2) is 48.5 Å². The van der Waals surface area contributed by atoms with Gasteiger partial charge in [-0.2, -0.15) is 26.3 Å². The molecule has 0 N–H and O–H groups in total. The van der Waals surface area contributed by atoms with Crippen molar-refractivity contribution in [1.82, 2.24) is 4.90 Å². The fourth-order valence-corrected chi connectivity index (χ4v) is 5.19. The molecule has 1 heterocycles. The summed E-state index contributed by atoms with van der Waals surface area (Å²) >= 11 is 0. The smallest absolute Gasteiger partial charge is 0.332 e. The summed E-state index contributed by atoms with van der Waals surface area (Å²) < 4.78 is 80.4. The van der Waals surface area contributed by atoms with Crippen molar-refractivity contribution in [3.8, 4) is 0 Å². The predicted octanol–water partition coefficient (Wildman–Crippen LogP) is 6.47. The summed E-state index contributed by atoms with van der Waals surface area (Å²) in [6.45, 7) is 0.323. The van der Waals surface area contributed by atoms with Crippen molar-refractivity contribution in [2.24, 2.45) is 0 Å². The number of halogens is 6. The fourth-order valence-electron chi connectivity index (χ4n) is 5.19. The second kappa shape index (κ2) is 8.74. The van der Waals surface area contributed by atoms with Gasteiger partial charge in [0, 0.05) is 19.4 Å². The molecule has 0 radical (unpaired) electrons. The Balaban J connectivity index is 1.77. The van der Waals surface area contributed by atoms with Gasteiger partial charge < -0.3 is 4.90 Å². The lowest BCUT2D eigenvalue weighted by atomic mass is 9.73. The number of amides is 1. The molecule has 2 aliphatic rings. The van der Waals surface area contributed by atoms with Crippen LogP contribution in [-0.4, -0.2) is 23.1 Å². The zero-order chi connectivity index (χ0) is 24.7. The Bertz CT molecular complexity index is 1030. The summed E-state index contributed by atoms with van der Waals surface area (Å²) in [5.74, 6) is -1.56. The second-order valence-corrected chi connectivity index (χ2v) is 8.96. The van der Waals surface area contributed by atoms with Crippen LogP contribution >= 0.6 is 0 Å². The molecule has 4 rings (SSSR count). The van der Waals surface area contributed by atoms with Gasteiger partial charge in [0.1, 0.15) is 5.78 Å². The van der Waals surface area contributed by atoms with Gasteiger partial charge >= 0.3 is 12.4 Å². The molecule has 1 aliphatic heterocycles. The standard InChI is InChI=1S/C25H23F6NO2/c26-24(27,28)18-13-16(14-19(15-18)25(29,30)31)21-7-4-12-32(22(21)34)23(10-8-20(33)9-11-23)17-5-2-1-3-6-17/h1-3,5-6,13-15,21H,4,7-12H2/t21-/m0/s1. The van der Waals surface area contributed by atoms with E-state index in [1.165, 1.54) is 0 Å². The minimum atomic E-state index is -4.98. The monoisotopic (exact) mass is 483 g/mol. The van der Waals surface area contributed by atoms with E-state index < -0.39 is 40.8 Å². The van der Waals surface area contributed by atoms with Crippen molar-refractivity contribution in [3.63, 3.8) is 0 Å². The van der Waals surface area contributed by atoms with Gasteiger partial charge in [0.2, 0.25) is 5.91 Å². The van der Waals surface area contributed by atoms with Crippen LogP contribution in [0, 0.1) is 0 Å². The molecule has 1 aliphatic carbocycles. The zero-order valence-corrected chi connectivity index (χ0v) is 18.2. The average Bonchev–Trinajstić information content (AvgIpc) is 2.79. The lowest BCUT2D eigenvalue weighted by Gasteiger charge is -2.49. The van der Waals surface area contributed by atoms with E-state index >= 15 is 0 Å². The number of benzene rings is 2. The van der Waals surface area contributed by atoms with Gasteiger partial charge in [-0.25, -0.2) is 0 Å². The third kappa shape index (κ3) is 4.57. The first-order valence-corrected chi connectivity index (χ1v) is 11.1. The number of ketones is 1. The van der Waals surface area contributed by atoms with Crippen LogP contribution in [0.5, 0.6) is 0 Å². The number of Topliss-reactive ketones (excluding diaryl/α,β-unsaturated/α-hetero) is 1.